The van der Waals surface area contributed by atoms with E-state index in [1.165, 1.54) is 16.1 Å². The number of guanidine groups is 1. The van der Waals surface area contributed by atoms with E-state index in [2.05, 4.69) is 73.8 Å². The van der Waals surface area contributed by atoms with Gasteiger partial charge < -0.3 is 20.1 Å². The standard InChI is InChI=1S/C24H32N6S/c1-3-25-24(28-22-9-12-29(13-10-22)23-8-5-15-31-23)27-17-20-6-4-7-21(16-20)18-30-14-11-26-19(30)2/h4-8,11,14-16,22H,3,9-10,12-13,17-18H2,1-2H3,(H2,25,27,28). The van der Waals surface area contributed by atoms with Gasteiger partial charge in [-0.05, 0) is 55.3 Å². The molecule has 31 heavy (non-hydrogen) atoms. The molecule has 2 aromatic heterocycles. The van der Waals surface area contributed by atoms with Crippen LogP contribution < -0.4 is 15.5 Å². The Balaban J connectivity index is 1.34. The molecular formula is C24H32N6S. The second kappa shape index (κ2) is 10.5. The van der Waals surface area contributed by atoms with Gasteiger partial charge in [0.1, 0.15) is 5.82 Å². The van der Waals surface area contributed by atoms with Crippen LogP contribution in [0.5, 0.6) is 0 Å². The fourth-order valence-corrected chi connectivity index (χ4v) is 4.76. The van der Waals surface area contributed by atoms with E-state index < -0.39 is 0 Å². The average Bonchev–Trinajstić information content (AvgIpc) is 3.46. The van der Waals surface area contributed by atoms with Crippen molar-refractivity contribution in [3.63, 3.8) is 0 Å². The summed E-state index contributed by atoms with van der Waals surface area (Å²) in [5, 5.41) is 10.6. The van der Waals surface area contributed by atoms with Crippen LogP contribution in [0, 0.1) is 6.92 Å². The Morgan fingerprint density at radius 2 is 2.03 bits per heavy atom. The minimum Gasteiger partial charge on any atom is -0.363 e. The van der Waals surface area contributed by atoms with Gasteiger partial charge in [0, 0.05) is 44.6 Å². The number of hydrogen-bond acceptors (Lipinski definition) is 4. The molecular weight excluding hydrogens is 404 g/mol. The van der Waals surface area contributed by atoms with Crippen molar-refractivity contribution in [2.45, 2.75) is 45.8 Å². The van der Waals surface area contributed by atoms with Gasteiger partial charge in [-0.25, -0.2) is 9.98 Å². The highest BCUT2D eigenvalue weighted by Gasteiger charge is 2.20. The van der Waals surface area contributed by atoms with Crippen molar-refractivity contribution in [3.05, 3.63) is 71.1 Å². The second-order valence-corrected chi connectivity index (χ2v) is 8.90. The van der Waals surface area contributed by atoms with Crippen LogP contribution in [0.15, 0.2) is 59.2 Å². The Labute approximate surface area is 189 Å². The first-order valence-corrected chi connectivity index (χ1v) is 12.0. The molecule has 1 saturated heterocycles. The number of thiophene rings is 1. The first-order chi connectivity index (χ1) is 15.2. The Morgan fingerprint density at radius 1 is 1.19 bits per heavy atom. The van der Waals surface area contributed by atoms with Gasteiger partial charge >= 0.3 is 0 Å². The summed E-state index contributed by atoms with van der Waals surface area (Å²) in [5.74, 6) is 1.94. The minimum absolute atomic E-state index is 0.463. The molecule has 0 atom stereocenters. The van der Waals surface area contributed by atoms with E-state index in [-0.39, 0.29) is 0 Å². The number of aryl methyl sites for hydroxylation is 1. The van der Waals surface area contributed by atoms with Crippen LogP contribution in [-0.4, -0.2) is 41.2 Å². The number of nitrogens with one attached hydrogen (secondary N) is 2. The number of imidazole rings is 1. The molecule has 1 aliphatic heterocycles. The highest BCUT2D eigenvalue weighted by Crippen LogP contribution is 2.24. The van der Waals surface area contributed by atoms with E-state index in [1.54, 1.807) is 0 Å². The van der Waals surface area contributed by atoms with Gasteiger partial charge in [0.2, 0.25) is 0 Å². The Morgan fingerprint density at radius 3 is 2.74 bits per heavy atom. The molecule has 0 radical (unpaired) electrons. The number of piperidine rings is 1. The largest absolute Gasteiger partial charge is 0.363 e. The molecule has 7 heteroatoms. The molecule has 3 heterocycles. The molecule has 0 unspecified atom stereocenters. The van der Waals surface area contributed by atoms with Crippen LogP contribution in [0.2, 0.25) is 0 Å². The highest BCUT2D eigenvalue weighted by molar-refractivity contribution is 7.14. The molecule has 0 saturated carbocycles. The first kappa shape index (κ1) is 21.4. The van der Waals surface area contributed by atoms with Gasteiger partial charge in [-0.2, -0.15) is 0 Å². The molecule has 0 spiro atoms. The van der Waals surface area contributed by atoms with Crippen LogP contribution in [-0.2, 0) is 13.1 Å². The van der Waals surface area contributed by atoms with E-state index in [1.807, 2.05) is 30.7 Å². The normalized spacial score (nSPS) is 15.3. The third-order valence-electron chi connectivity index (χ3n) is 5.69. The lowest BCUT2D eigenvalue weighted by Gasteiger charge is -2.33. The van der Waals surface area contributed by atoms with Gasteiger partial charge in [-0.3, -0.25) is 0 Å². The number of benzene rings is 1. The van der Waals surface area contributed by atoms with Crippen molar-refractivity contribution in [1.82, 2.24) is 20.2 Å². The molecule has 164 valence electrons. The van der Waals surface area contributed by atoms with Crippen molar-refractivity contribution < 1.29 is 0 Å². The fraction of sp³-hybridized carbons (Fsp3) is 0.417. The number of aromatic nitrogens is 2. The van der Waals surface area contributed by atoms with Gasteiger partial charge in [-0.15, -0.1) is 11.3 Å². The molecule has 0 aliphatic carbocycles. The van der Waals surface area contributed by atoms with Crippen LogP contribution in [0.3, 0.4) is 0 Å². The predicted molar refractivity (Wildman–Crippen MR) is 130 cm³/mol. The highest BCUT2D eigenvalue weighted by atomic mass is 32.1. The fourth-order valence-electron chi connectivity index (χ4n) is 3.97. The Kier molecular flexibility index (Phi) is 7.25. The van der Waals surface area contributed by atoms with Gasteiger partial charge in [-0.1, -0.05) is 24.3 Å². The van der Waals surface area contributed by atoms with E-state index >= 15 is 0 Å². The lowest BCUT2D eigenvalue weighted by molar-refractivity contribution is 0.463. The lowest BCUT2D eigenvalue weighted by Crippen LogP contribution is -2.48. The van der Waals surface area contributed by atoms with Gasteiger partial charge in [0.25, 0.3) is 0 Å². The zero-order valence-corrected chi connectivity index (χ0v) is 19.2. The summed E-state index contributed by atoms with van der Waals surface area (Å²) in [4.78, 5) is 11.7. The molecule has 0 amide bonds. The summed E-state index contributed by atoms with van der Waals surface area (Å²) >= 11 is 1.83. The zero-order valence-electron chi connectivity index (χ0n) is 18.4. The SMILES string of the molecule is CCNC(=NCc1cccc(Cn2ccnc2C)c1)NC1CCN(c2cccs2)CC1. The van der Waals surface area contributed by atoms with E-state index in [9.17, 15) is 0 Å². The number of hydrogen-bond donors (Lipinski definition) is 2. The zero-order chi connectivity index (χ0) is 21.5. The number of nitrogens with zero attached hydrogens (tertiary/aromatic N) is 4. The molecule has 3 aromatic rings. The molecule has 4 rings (SSSR count). The summed E-state index contributed by atoms with van der Waals surface area (Å²) in [6, 6.07) is 13.5. The van der Waals surface area contributed by atoms with Crippen molar-refractivity contribution in [1.29, 1.82) is 0 Å². The van der Waals surface area contributed by atoms with Crippen LogP contribution >= 0.6 is 11.3 Å². The predicted octanol–water partition coefficient (Wildman–Crippen LogP) is 4.03. The van der Waals surface area contributed by atoms with E-state index in [4.69, 9.17) is 4.99 Å². The molecule has 1 fully saturated rings. The smallest absolute Gasteiger partial charge is 0.191 e. The summed E-state index contributed by atoms with van der Waals surface area (Å²) in [7, 11) is 0. The summed E-state index contributed by atoms with van der Waals surface area (Å²) in [6.07, 6.45) is 6.13. The maximum absolute atomic E-state index is 4.87. The average molecular weight is 437 g/mol. The van der Waals surface area contributed by atoms with Crippen LogP contribution in [0.4, 0.5) is 5.00 Å². The topological polar surface area (TPSA) is 57.5 Å². The van der Waals surface area contributed by atoms with Crippen molar-refractivity contribution in [3.8, 4) is 0 Å². The molecule has 2 N–H and O–H groups in total. The maximum atomic E-state index is 4.87. The van der Waals surface area contributed by atoms with Crippen LogP contribution in [0.1, 0.15) is 36.7 Å². The molecule has 6 nitrogen and oxygen atoms in total. The van der Waals surface area contributed by atoms with E-state index in [0.717, 1.165) is 50.8 Å². The molecule has 1 aliphatic rings. The minimum atomic E-state index is 0.463. The molecule has 0 bridgehead atoms. The molecule has 1 aromatic carbocycles. The Hall–Kier alpha value is -2.80. The second-order valence-electron chi connectivity index (χ2n) is 7.97. The summed E-state index contributed by atoms with van der Waals surface area (Å²) < 4.78 is 2.16. The van der Waals surface area contributed by atoms with E-state index in [0.29, 0.717) is 12.6 Å². The monoisotopic (exact) mass is 436 g/mol. The Bertz CT molecular complexity index is 970. The van der Waals surface area contributed by atoms with Crippen molar-refractivity contribution in [2.75, 3.05) is 24.5 Å². The maximum Gasteiger partial charge on any atom is 0.191 e. The third-order valence-corrected chi connectivity index (χ3v) is 6.61. The summed E-state index contributed by atoms with van der Waals surface area (Å²) in [5.41, 5.74) is 2.49. The number of aliphatic imine (C=N–C) groups is 1. The van der Waals surface area contributed by atoms with Crippen molar-refractivity contribution in [2.24, 2.45) is 4.99 Å². The van der Waals surface area contributed by atoms with Crippen LogP contribution in [0.25, 0.3) is 0 Å². The quantitative estimate of drug-likeness (QED) is 0.434. The lowest BCUT2D eigenvalue weighted by atomic mass is 10.1. The number of anilines is 1. The summed E-state index contributed by atoms with van der Waals surface area (Å²) in [6.45, 7) is 8.70. The third kappa shape index (κ3) is 5.88. The number of rotatable bonds is 7. The van der Waals surface area contributed by atoms with Crippen molar-refractivity contribution >= 4 is 22.3 Å². The first-order valence-electron chi connectivity index (χ1n) is 11.1. The van der Waals surface area contributed by atoms with Gasteiger partial charge in [0.15, 0.2) is 5.96 Å². The van der Waals surface area contributed by atoms with Gasteiger partial charge in [0.05, 0.1) is 11.5 Å².